The van der Waals surface area contributed by atoms with E-state index in [4.69, 9.17) is 9.47 Å². The van der Waals surface area contributed by atoms with E-state index in [1.54, 1.807) is 24.5 Å². The molecule has 0 unspecified atom stereocenters. The van der Waals surface area contributed by atoms with Gasteiger partial charge in [-0.25, -0.2) is 14.4 Å². The number of phenolic OH excluding ortho intramolecular Hbond substituents is 1. The second kappa shape index (κ2) is 8.55. The van der Waals surface area contributed by atoms with Gasteiger partial charge < -0.3 is 24.8 Å². The van der Waals surface area contributed by atoms with E-state index < -0.39 is 6.17 Å². The number of piperidine rings is 2. The number of benzene rings is 1. The molecule has 2 aromatic heterocycles. The number of pyridine rings is 1. The van der Waals surface area contributed by atoms with Gasteiger partial charge in [-0.3, -0.25) is 0 Å². The summed E-state index contributed by atoms with van der Waals surface area (Å²) in [6.07, 6.45) is 8.31. The number of hydrogen-bond donors (Lipinski definition) is 2. The summed E-state index contributed by atoms with van der Waals surface area (Å²) in [7, 11) is 0. The third kappa shape index (κ3) is 3.80. The number of nitrogens with one attached hydrogen (secondary N) is 1. The van der Waals surface area contributed by atoms with Gasteiger partial charge in [0.1, 0.15) is 11.9 Å². The van der Waals surface area contributed by atoms with Crippen LogP contribution in [0.5, 0.6) is 17.4 Å². The van der Waals surface area contributed by atoms with Gasteiger partial charge in [0.25, 0.3) is 5.88 Å². The highest BCUT2D eigenvalue weighted by molar-refractivity contribution is 5.73. The van der Waals surface area contributed by atoms with Crippen LogP contribution in [0, 0.1) is 0 Å². The van der Waals surface area contributed by atoms with Gasteiger partial charge in [0.15, 0.2) is 17.4 Å². The van der Waals surface area contributed by atoms with E-state index in [1.807, 2.05) is 12.1 Å². The van der Waals surface area contributed by atoms with Crippen molar-refractivity contribution in [3.63, 3.8) is 0 Å². The molecule has 186 valence electrons. The highest BCUT2D eigenvalue weighted by atomic mass is 19.1. The number of rotatable bonds is 5. The van der Waals surface area contributed by atoms with Crippen LogP contribution < -0.4 is 19.7 Å². The summed E-state index contributed by atoms with van der Waals surface area (Å²) in [6.45, 7) is 0.152. The molecule has 1 aromatic carbocycles. The fourth-order valence-corrected chi connectivity index (χ4v) is 5.79. The van der Waals surface area contributed by atoms with Crippen molar-refractivity contribution in [3.05, 3.63) is 36.7 Å². The molecule has 5 heterocycles. The Kier molecular flexibility index (Phi) is 5.16. The molecule has 36 heavy (non-hydrogen) atoms. The summed E-state index contributed by atoms with van der Waals surface area (Å²) in [5.41, 5.74) is 2.05. The van der Waals surface area contributed by atoms with Gasteiger partial charge in [-0.15, -0.1) is 10.2 Å². The van der Waals surface area contributed by atoms with Crippen molar-refractivity contribution < 1.29 is 19.0 Å². The van der Waals surface area contributed by atoms with Gasteiger partial charge in [0.2, 0.25) is 6.79 Å². The minimum Gasteiger partial charge on any atom is -0.507 e. The molecule has 3 fully saturated rings. The number of fused-ring (bicyclic) bond motifs is 3. The number of ether oxygens (including phenoxy) is 2. The molecule has 0 spiro atoms. The van der Waals surface area contributed by atoms with E-state index >= 15 is 4.39 Å². The Hall–Kier alpha value is -3.53. The standard InChI is InChI=1S/C26H27FN6O3/c27-24-19-3-1-2-16(30-19)10-20(24)33(17-5-6-17)23-12-28-25(32-31-23)18-7-4-14(8-21(18)34)15-9-22-26(29-11-15)36-13-35-22/h4,7-9,11-12,16-17,19-20,24,30,34H,1-3,5-6,10,13H2/t16-,19+,20-,24+/m0/s1. The van der Waals surface area contributed by atoms with Gasteiger partial charge >= 0.3 is 0 Å². The Labute approximate surface area is 207 Å². The van der Waals surface area contributed by atoms with Crippen molar-refractivity contribution in [1.29, 1.82) is 0 Å². The van der Waals surface area contributed by atoms with Crippen LogP contribution in [0.3, 0.4) is 0 Å². The van der Waals surface area contributed by atoms with E-state index in [0.717, 1.165) is 49.7 Å². The van der Waals surface area contributed by atoms with Crippen LogP contribution >= 0.6 is 0 Å². The maximum atomic E-state index is 15.5. The van der Waals surface area contributed by atoms with Crippen LogP contribution in [-0.4, -0.2) is 62.4 Å². The second-order valence-corrected chi connectivity index (χ2v) is 10.1. The fraction of sp³-hybridized carbons (Fsp3) is 0.462. The molecule has 2 N–H and O–H groups in total. The van der Waals surface area contributed by atoms with Crippen molar-refractivity contribution in [1.82, 2.24) is 25.5 Å². The molecule has 1 aliphatic carbocycles. The SMILES string of the molecule is Oc1cc(-c2cnc3c(c2)OCO3)ccc1-c1ncc(N(C2CC2)[C@H]2C[C@@H]3CCC[C@@H](N3)[C@H]2F)nn1. The molecule has 10 heteroatoms. The number of phenols is 1. The average Bonchev–Trinajstić information content (AvgIpc) is 3.63. The Morgan fingerprint density at radius 2 is 1.92 bits per heavy atom. The number of nitrogens with zero attached hydrogens (tertiary/aromatic N) is 5. The first-order chi connectivity index (χ1) is 17.6. The van der Waals surface area contributed by atoms with Crippen molar-refractivity contribution in [2.45, 2.75) is 68.9 Å². The minimum atomic E-state index is -0.939. The molecule has 2 bridgehead atoms. The Morgan fingerprint density at radius 1 is 1.00 bits per heavy atom. The molecule has 0 amide bonds. The number of hydrogen-bond acceptors (Lipinski definition) is 9. The van der Waals surface area contributed by atoms with Crippen LogP contribution in [0.25, 0.3) is 22.5 Å². The molecule has 9 nitrogen and oxygen atoms in total. The zero-order valence-corrected chi connectivity index (χ0v) is 19.7. The number of aromatic nitrogens is 4. The molecule has 3 aromatic rings. The Bertz CT molecular complexity index is 1290. The average molecular weight is 491 g/mol. The zero-order chi connectivity index (χ0) is 24.2. The fourth-order valence-electron chi connectivity index (χ4n) is 5.79. The van der Waals surface area contributed by atoms with Gasteiger partial charge in [0.05, 0.1) is 17.8 Å². The minimum absolute atomic E-state index is 0.0359. The number of alkyl halides is 1. The summed E-state index contributed by atoms with van der Waals surface area (Å²) >= 11 is 0. The van der Waals surface area contributed by atoms with Crippen LogP contribution in [0.1, 0.15) is 38.5 Å². The van der Waals surface area contributed by atoms with Gasteiger partial charge in [0, 0.05) is 29.9 Å². The molecule has 4 aliphatic rings. The monoisotopic (exact) mass is 490 g/mol. The van der Waals surface area contributed by atoms with Crippen molar-refractivity contribution >= 4 is 5.82 Å². The lowest BCUT2D eigenvalue weighted by molar-refractivity contribution is 0.104. The largest absolute Gasteiger partial charge is 0.507 e. The topological polar surface area (TPSA) is 106 Å². The van der Waals surface area contributed by atoms with E-state index in [1.165, 1.54) is 0 Å². The van der Waals surface area contributed by atoms with Crippen LogP contribution in [0.2, 0.25) is 0 Å². The highest BCUT2D eigenvalue weighted by Crippen LogP contribution is 2.40. The van der Waals surface area contributed by atoms with Crippen LogP contribution in [0.15, 0.2) is 36.7 Å². The first kappa shape index (κ1) is 21.7. The first-order valence-corrected chi connectivity index (χ1v) is 12.6. The van der Waals surface area contributed by atoms with Crippen molar-refractivity contribution in [2.75, 3.05) is 11.7 Å². The zero-order valence-electron chi connectivity index (χ0n) is 19.7. The van der Waals surface area contributed by atoms with E-state index in [9.17, 15) is 5.11 Å². The predicted molar refractivity (Wildman–Crippen MR) is 130 cm³/mol. The quantitative estimate of drug-likeness (QED) is 0.555. The molecular weight excluding hydrogens is 463 g/mol. The van der Waals surface area contributed by atoms with E-state index in [-0.39, 0.29) is 30.7 Å². The third-order valence-electron chi connectivity index (χ3n) is 7.71. The first-order valence-electron chi connectivity index (χ1n) is 12.6. The number of anilines is 1. The third-order valence-corrected chi connectivity index (χ3v) is 7.71. The highest BCUT2D eigenvalue weighted by Gasteiger charge is 2.46. The molecule has 2 saturated heterocycles. The number of halogens is 1. The molecule has 1 saturated carbocycles. The van der Waals surface area contributed by atoms with Gasteiger partial charge in [-0.2, -0.15) is 0 Å². The molecule has 3 aliphatic heterocycles. The summed E-state index contributed by atoms with van der Waals surface area (Å²) in [5.74, 6) is 2.00. The molecule has 7 rings (SSSR count). The summed E-state index contributed by atoms with van der Waals surface area (Å²) in [6, 6.07) is 7.45. The lowest BCUT2D eigenvalue weighted by Gasteiger charge is -2.47. The smallest absolute Gasteiger partial charge is 0.260 e. The molecule has 4 atom stereocenters. The Balaban J connectivity index is 1.14. The maximum absolute atomic E-state index is 15.5. The molecule has 0 radical (unpaired) electrons. The summed E-state index contributed by atoms with van der Waals surface area (Å²) in [4.78, 5) is 10.9. The summed E-state index contributed by atoms with van der Waals surface area (Å²) < 4.78 is 26.1. The van der Waals surface area contributed by atoms with Crippen molar-refractivity contribution in [2.24, 2.45) is 0 Å². The molecular formula is C26H27FN6O3. The normalized spacial score (nSPS) is 26.6. The van der Waals surface area contributed by atoms with Crippen molar-refractivity contribution in [3.8, 4) is 39.9 Å². The van der Waals surface area contributed by atoms with E-state index in [0.29, 0.717) is 34.9 Å². The van der Waals surface area contributed by atoms with E-state index in [2.05, 4.69) is 30.4 Å². The second-order valence-electron chi connectivity index (χ2n) is 10.1. The van der Waals surface area contributed by atoms with Gasteiger partial charge in [-0.1, -0.05) is 12.5 Å². The lowest BCUT2D eigenvalue weighted by Crippen LogP contribution is -2.62. The van der Waals surface area contributed by atoms with Crippen LogP contribution in [0.4, 0.5) is 10.2 Å². The Morgan fingerprint density at radius 3 is 2.72 bits per heavy atom. The van der Waals surface area contributed by atoms with Crippen LogP contribution in [-0.2, 0) is 0 Å². The summed E-state index contributed by atoms with van der Waals surface area (Å²) in [5, 5.41) is 23.0. The van der Waals surface area contributed by atoms with Gasteiger partial charge in [-0.05, 0) is 55.9 Å². The maximum Gasteiger partial charge on any atom is 0.260 e. The number of aromatic hydroxyl groups is 1. The predicted octanol–water partition coefficient (Wildman–Crippen LogP) is 3.62. The lowest BCUT2D eigenvalue weighted by atomic mass is 9.82.